The van der Waals surface area contributed by atoms with Gasteiger partial charge in [-0.15, -0.1) is 0 Å². The number of hydrogen-bond acceptors (Lipinski definition) is 2. The summed E-state index contributed by atoms with van der Waals surface area (Å²) in [5, 5.41) is 1.92. The van der Waals surface area contributed by atoms with Gasteiger partial charge in [-0.25, -0.2) is 26.3 Å². The third-order valence-electron chi connectivity index (χ3n) is 2.56. The largest absolute Gasteiger partial charge is 0.397 e. The Kier molecular flexibility index (Phi) is 4.21. The van der Waals surface area contributed by atoms with E-state index in [9.17, 15) is 26.3 Å². The maximum Gasteiger partial charge on any atom is 0.200 e. The van der Waals surface area contributed by atoms with E-state index >= 15 is 0 Å². The summed E-state index contributed by atoms with van der Waals surface area (Å²) in [7, 11) is 0. The predicted molar refractivity (Wildman–Crippen MR) is 73.0 cm³/mol. The van der Waals surface area contributed by atoms with Crippen molar-refractivity contribution in [2.75, 3.05) is 11.1 Å². The zero-order valence-electron chi connectivity index (χ0n) is 9.88. The van der Waals surface area contributed by atoms with Crippen molar-refractivity contribution in [2.24, 2.45) is 0 Å². The van der Waals surface area contributed by atoms with E-state index in [1.54, 1.807) is 22.6 Å². The van der Waals surface area contributed by atoms with Crippen LogP contribution in [0, 0.1) is 38.5 Å². The second-order valence-electron chi connectivity index (χ2n) is 3.92. The Balaban J connectivity index is 2.58. The number of hydrogen-bond donors (Lipinski definition) is 2. The van der Waals surface area contributed by atoms with Gasteiger partial charge in [0.15, 0.2) is 23.3 Å². The molecule has 0 aliphatic carbocycles. The monoisotopic (exact) mass is 418 g/mol. The molecule has 0 fully saturated rings. The fraction of sp³-hybridized carbons (Fsp3) is 0. The van der Waals surface area contributed by atoms with Gasteiger partial charge in [-0.3, -0.25) is 0 Å². The second-order valence-corrected chi connectivity index (χ2v) is 5.09. The molecule has 9 heteroatoms. The first-order valence-corrected chi connectivity index (χ1v) is 6.35. The minimum Gasteiger partial charge on any atom is -0.397 e. The van der Waals surface area contributed by atoms with Gasteiger partial charge in [0.25, 0.3) is 0 Å². The van der Waals surface area contributed by atoms with Crippen molar-refractivity contribution in [3.8, 4) is 0 Å². The van der Waals surface area contributed by atoms with Crippen LogP contribution in [-0.4, -0.2) is 0 Å². The van der Waals surface area contributed by atoms with E-state index in [-0.39, 0.29) is 14.9 Å². The molecule has 21 heavy (non-hydrogen) atoms. The number of anilines is 3. The molecule has 0 radical (unpaired) electrons. The zero-order chi connectivity index (χ0) is 15.9. The summed E-state index contributed by atoms with van der Waals surface area (Å²) in [6.07, 6.45) is 0. The molecule has 3 N–H and O–H groups in total. The van der Waals surface area contributed by atoms with E-state index in [1.807, 2.05) is 5.32 Å². The van der Waals surface area contributed by atoms with Crippen LogP contribution in [0.1, 0.15) is 0 Å². The lowest BCUT2D eigenvalue weighted by atomic mass is 10.2. The highest BCUT2D eigenvalue weighted by Crippen LogP contribution is 2.32. The standard InChI is InChI=1S/C12H5F6IN2/c13-3-1-6(5(20)2-4(3)19)21-12-10(17)8(15)7(14)9(16)11(12)18/h1-2,21H,20H2. The third-order valence-corrected chi connectivity index (χ3v) is 3.39. The summed E-state index contributed by atoms with van der Waals surface area (Å²) < 4.78 is 79.5. The molecule has 112 valence electrons. The Bertz CT molecular complexity index is 705. The molecule has 0 aliphatic rings. The van der Waals surface area contributed by atoms with Crippen molar-refractivity contribution in [2.45, 2.75) is 0 Å². The third kappa shape index (κ3) is 2.74. The number of benzene rings is 2. The van der Waals surface area contributed by atoms with Gasteiger partial charge in [-0.2, -0.15) is 0 Å². The van der Waals surface area contributed by atoms with Crippen molar-refractivity contribution >= 4 is 39.7 Å². The quantitative estimate of drug-likeness (QED) is 0.249. The van der Waals surface area contributed by atoms with Gasteiger partial charge in [0, 0.05) is 6.07 Å². The SMILES string of the molecule is Nc1cc(I)c(F)cc1Nc1c(F)c(F)c(F)c(F)c1F. The van der Waals surface area contributed by atoms with E-state index < -0.39 is 40.6 Å². The van der Waals surface area contributed by atoms with Crippen LogP contribution in [0.2, 0.25) is 0 Å². The van der Waals surface area contributed by atoms with Gasteiger partial charge in [0.05, 0.1) is 14.9 Å². The maximum atomic E-state index is 13.5. The van der Waals surface area contributed by atoms with Gasteiger partial charge in [0.1, 0.15) is 11.5 Å². The van der Waals surface area contributed by atoms with Crippen LogP contribution < -0.4 is 11.1 Å². The fourth-order valence-electron chi connectivity index (χ4n) is 1.52. The minimum absolute atomic E-state index is 0.121. The van der Waals surface area contributed by atoms with Gasteiger partial charge < -0.3 is 11.1 Å². The molecule has 0 spiro atoms. The van der Waals surface area contributed by atoms with Crippen molar-refractivity contribution in [3.63, 3.8) is 0 Å². The smallest absolute Gasteiger partial charge is 0.200 e. The van der Waals surface area contributed by atoms with Crippen LogP contribution >= 0.6 is 22.6 Å². The Morgan fingerprint density at radius 2 is 1.29 bits per heavy atom. The molecule has 2 rings (SSSR count). The van der Waals surface area contributed by atoms with E-state index in [1.165, 1.54) is 0 Å². The first-order chi connectivity index (χ1) is 9.73. The maximum absolute atomic E-state index is 13.5. The molecule has 2 aromatic carbocycles. The van der Waals surface area contributed by atoms with Gasteiger partial charge in [0.2, 0.25) is 5.82 Å². The molecule has 0 aromatic heterocycles. The number of rotatable bonds is 2. The van der Waals surface area contributed by atoms with Crippen LogP contribution in [-0.2, 0) is 0 Å². The Labute approximate surface area is 128 Å². The van der Waals surface area contributed by atoms with E-state index in [2.05, 4.69) is 0 Å². The number of nitrogens with two attached hydrogens (primary N) is 1. The molecule has 0 aliphatic heterocycles. The lowest BCUT2D eigenvalue weighted by molar-refractivity contribution is 0.382. The lowest BCUT2D eigenvalue weighted by Crippen LogP contribution is -2.08. The Hall–Kier alpha value is -1.65. The normalized spacial score (nSPS) is 10.8. The molecule has 2 aromatic rings. The Morgan fingerprint density at radius 1 is 0.810 bits per heavy atom. The van der Waals surface area contributed by atoms with E-state index in [0.717, 1.165) is 12.1 Å². The molecule has 0 heterocycles. The zero-order valence-corrected chi connectivity index (χ0v) is 12.0. The minimum atomic E-state index is -2.28. The predicted octanol–water partition coefficient (Wildman–Crippen LogP) is 4.45. The first kappa shape index (κ1) is 15.7. The van der Waals surface area contributed by atoms with Crippen LogP contribution in [0.3, 0.4) is 0 Å². The molecule has 2 nitrogen and oxygen atoms in total. The number of nitrogen functional groups attached to an aromatic ring is 1. The average molecular weight is 418 g/mol. The molecule has 0 unspecified atom stereocenters. The topological polar surface area (TPSA) is 38.0 Å². The van der Waals surface area contributed by atoms with Crippen LogP contribution in [0.25, 0.3) is 0 Å². The molecule has 0 saturated heterocycles. The summed E-state index contributed by atoms with van der Waals surface area (Å²) in [4.78, 5) is 0. The second kappa shape index (κ2) is 5.62. The van der Waals surface area contributed by atoms with Crippen LogP contribution in [0.4, 0.5) is 43.4 Å². The van der Waals surface area contributed by atoms with Crippen LogP contribution in [0.15, 0.2) is 12.1 Å². The molecule has 0 bridgehead atoms. The fourth-order valence-corrected chi connectivity index (χ4v) is 2.01. The highest BCUT2D eigenvalue weighted by atomic mass is 127. The molecule has 0 amide bonds. The van der Waals surface area contributed by atoms with Gasteiger partial charge >= 0.3 is 0 Å². The molecule has 0 saturated carbocycles. The van der Waals surface area contributed by atoms with Gasteiger partial charge in [-0.1, -0.05) is 0 Å². The summed E-state index contributed by atoms with van der Waals surface area (Å²) in [6, 6.07) is 1.93. The van der Waals surface area contributed by atoms with Crippen molar-refractivity contribution in [1.82, 2.24) is 0 Å². The highest BCUT2D eigenvalue weighted by Gasteiger charge is 2.26. The number of nitrogens with one attached hydrogen (secondary N) is 1. The summed E-state index contributed by atoms with van der Waals surface area (Å²) >= 11 is 1.63. The van der Waals surface area contributed by atoms with E-state index in [0.29, 0.717) is 0 Å². The molecular formula is C12H5F6IN2. The first-order valence-electron chi connectivity index (χ1n) is 5.27. The molecule has 0 atom stereocenters. The van der Waals surface area contributed by atoms with Crippen molar-refractivity contribution in [3.05, 3.63) is 50.6 Å². The van der Waals surface area contributed by atoms with E-state index in [4.69, 9.17) is 5.73 Å². The summed E-state index contributed by atoms with van der Waals surface area (Å²) in [5.74, 6) is -11.4. The van der Waals surface area contributed by atoms with Gasteiger partial charge in [-0.05, 0) is 28.7 Å². The molecular weight excluding hydrogens is 413 g/mol. The average Bonchev–Trinajstić information content (AvgIpc) is 2.44. The summed E-state index contributed by atoms with van der Waals surface area (Å²) in [6.45, 7) is 0. The number of halogens is 7. The highest BCUT2D eigenvalue weighted by molar-refractivity contribution is 14.1. The Morgan fingerprint density at radius 3 is 1.81 bits per heavy atom. The summed E-state index contributed by atoms with van der Waals surface area (Å²) in [5.41, 5.74) is 3.75. The van der Waals surface area contributed by atoms with Crippen molar-refractivity contribution in [1.29, 1.82) is 0 Å². The van der Waals surface area contributed by atoms with Crippen molar-refractivity contribution < 1.29 is 26.3 Å². The van der Waals surface area contributed by atoms with Crippen LogP contribution in [0.5, 0.6) is 0 Å². The lowest BCUT2D eigenvalue weighted by Gasteiger charge is -2.13.